The predicted molar refractivity (Wildman–Crippen MR) is 50.7 cm³/mol. The summed E-state index contributed by atoms with van der Waals surface area (Å²) < 4.78 is 14.8. The van der Waals surface area contributed by atoms with Crippen molar-refractivity contribution in [2.45, 2.75) is 0 Å². The van der Waals surface area contributed by atoms with Crippen LogP contribution in [0.5, 0.6) is 0 Å². The van der Waals surface area contributed by atoms with Gasteiger partial charge >= 0.3 is 0 Å². The quantitative estimate of drug-likeness (QED) is 0.726. The SMILES string of the molecule is O=c1[nH]c(I)cn2cc(F)cc12. The standard InChI is InChI=1S/C7H4FIN2O/c8-4-1-5-7(12)10-6(9)3-11(5)2-4/h1-3H,(H,10,12). The fraction of sp³-hybridized carbons (Fsp3) is 0. The first-order valence-corrected chi connectivity index (χ1v) is 4.31. The topological polar surface area (TPSA) is 37.3 Å². The van der Waals surface area contributed by atoms with Crippen LogP contribution in [0.15, 0.2) is 23.3 Å². The fourth-order valence-electron chi connectivity index (χ4n) is 1.06. The van der Waals surface area contributed by atoms with Crippen molar-refractivity contribution in [3.63, 3.8) is 0 Å². The van der Waals surface area contributed by atoms with E-state index in [9.17, 15) is 9.18 Å². The monoisotopic (exact) mass is 278 g/mol. The maximum atomic E-state index is 12.7. The van der Waals surface area contributed by atoms with E-state index >= 15 is 0 Å². The van der Waals surface area contributed by atoms with Gasteiger partial charge in [-0.3, -0.25) is 4.79 Å². The van der Waals surface area contributed by atoms with E-state index in [1.807, 2.05) is 22.6 Å². The lowest BCUT2D eigenvalue weighted by atomic mass is 10.5. The van der Waals surface area contributed by atoms with Crippen LogP contribution in [-0.2, 0) is 0 Å². The first-order valence-electron chi connectivity index (χ1n) is 3.23. The first-order chi connectivity index (χ1) is 5.66. The van der Waals surface area contributed by atoms with Crippen molar-refractivity contribution >= 4 is 28.1 Å². The summed E-state index contributed by atoms with van der Waals surface area (Å²) in [5.41, 5.74) is 0.0544. The van der Waals surface area contributed by atoms with Crippen LogP contribution in [0, 0.1) is 9.52 Å². The van der Waals surface area contributed by atoms with Crippen LogP contribution in [0.2, 0.25) is 0 Å². The van der Waals surface area contributed by atoms with Crippen LogP contribution < -0.4 is 5.56 Å². The Morgan fingerprint density at radius 3 is 3.00 bits per heavy atom. The summed E-state index contributed by atoms with van der Waals surface area (Å²) in [6, 6.07) is 1.20. The summed E-state index contributed by atoms with van der Waals surface area (Å²) in [5.74, 6) is -0.400. The number of rotatable bonds is 0. The second-order valence-electron chi connectivity index (χ2n) is 2.38. The summed E-state index contributed by atoms with van der Waals surface area (Å²) in [5, 5.41) is 0. The molecule has 0 amide bonds. The van der Waals surface area contributed by atoms with Crippen molar-refractivity contribution in [1.82, 2.24) is 9.38 Å². The van der Waals surface area contributed by atoms with Crippen LogP contribution in [0.1, 0.15) is 0 Å². The Labute approximate surface area is 80.4 Å². The summed E-state index contributed by atoms with van der Waals surface area (Å²) in [6.45, 7) is 0. The van der Waals surface area contributed by atoms with Crippen LogP contribution in [-0.4, -0.2) is 9.38 Å². The number of nitrogens with zero attached hydrogens (tertiary/aromatic N) is 1. The van der Waals surface area contributed by atoms with E-state index in [-0.39, 0.29) is 5.56 Å². The van der Waals surface area contributed by atoms with Gasteiger partial charge in [-0.05, 0) is 22.6 Å². The van der Waals surface area contributed by atoms with Crippen LogP contribution in [0.4, 0.5) is 4.39 Å². The van der Waals surface area contributed by atoms with Crippen molar-refractivity contribution in [3.8, 4) is 0 Å². The summed E-state index contributed by atoms with van der Waals surface area (Å²) in [4.78, 5) is 13.7. The van der Waals surface area contributed by atoms with Crippen molar-refractivity contribution in [2.24, 2.45) is 0 Å². The van der Waals surface area contributed by atoms with E-state index in [1.165, 1.54) is 16.7 Å². The number of aromatic nitrogens is 2. The van der Waals surface area contributed by atoms with Crippen molar-refractivity contribution in [3.05, 3.63) is 38.3 Å². The Kier molecular flexibility index (Phi) is 1.67. The van der Waals surface area contributed by atoms with Gasteiger partial charge in [-0.15, -0.1) is 0 Å². The van der Waals surface area contributed by atoms with Gasteiger partial charge in [0.1, 0.15) is 11.3 Å². The molecule has 0 fully saturated rings. The van der Waals surface area contributed by atoms with Crippen molar-refractivity contribution in [1.29, 1.82) is 0 Å². The van der Waals surface area contributed by atoms with Gasteiger partial charge in [0, 0.05) is 18.5 Å². The molecule has 5 heteroatoms. The van der Waals surface area contributed by atoms with Crippen LogP contribution in [0.3, 0.4) is 0 Å². The largest absolute Gasteiger partial charge is 0.314 e. The zero-order valence-corrected chi connectivity index (χ0v) is 8.00. The minimum absolute atomic E-state index is 0.272. The molecule has 0 saturated carbocycles. The molecule has 2 rings (SSSR count). The Bertz CT molecular complexity index is 488. The van der Waals surface area contributed by atoms with E-state index in [0.717, 1.165) is 0 Å². The average molecular weight is 278 g/mol. The molecule has 0 bridgehead atoms. The zero-order chi connectivity index (χ0) is 8.72. The molecule has 2 aromatic heterocycles. The first kappa shape index (κ1) is 7.78. The molecule has 0 saturated heterocycles. The van der Waals surface area contributed by atoms with Crippen LogP contribution >= 0.6 is 22.6 Å². The number of halogens is 2. The highest BCUT2D eigenvalue weighted by atomic mass is 127. The minimum Gasteiger partial charge on any atom is -0.314 e. The van der Waals surface area contributed by atoms with E-state index in [2.05, 4.69) is 4.98 Å². The maximum Gasteiger partial charge on any atom is 0.273 e. The zero-order valence-electron chi connectivity index (χ0n) is 5.84. The molecule has 0 atom stereocenters. The molecular formula is C7H4FIN2O. The van der Waals surface area contributed by atoms with Gasteiger partial charge in [0.2, 0.25) is 0 Å². The van der Waals surface area contributed by atoms with Gasteiger partial charge in [-0.25, -0.2) is 4.39 Å². The van der Waals surface area contributed by atoms with E-state index in [4.69, 9.17) is 0 Å². The predicted octanol–water partition coefficient (Wildman–Crippen LogP) is 1.37. The second kappa shape index (κ2) is 2.58. The Hall–Kier alpha value is -0.850. The highest BCUT2D eigenvalue weighted by Gasteiger charge is 2.02. The third-order valence-corrected chi connectivity index (χ3v) is 2.08. The lowest BCUT2D eigenvalue weighted by Gasteiger charge is -1.93. The van der Waals surface area contributed by atoms with Gasteiger partial charge in [0.05, 0.1) is 3.70 Å². The van der Waals surface area contributed by atoms with Crippen LogP contribution in [0.25, 0.3) is 5.52 Å². The molecule has 62 valence electrons. The minimum atomic E-state index is -0.400. The number of H-pyrrole nitrogens is 1. The van der Waals surface area contributed by atoms with Gasteiger partial charge in [-0.1, -0.05) is 0 Å². The number of hydrogen-bond donors (Lipinski definition) is 1. The normalized spacial score (nSPS) is 10.8. The molecule has 1 N–H and O–H groups in total. The summed E-state index contributed by atoms with van der Waals surface area (Å²) in [6.07, 6.45) is 2.92. The molecule has 0 radical (unpaired) electrons. The number of aromatic amines is 1. The highest BCUT2D eigenvalue weighted by Crippen LogP contribution is 2.05. The molecule has 0 aliphatic rings. The van der Waals surface area contributed by atoms with Gasteiger partial charge in [-0.2, -0.15) is 0 Å². The highest BCUT2D eigenvalue weighted by molar-refractivity contribution is 14.1. The Balaban J connectivity index is 2.98. The van der Waals surface area contributed by atoms with Gasteiger partial charge < -0.3 is 9.38 Å². The molecule has 0 aromatic carbocycles. The molecule has 0 aliphatic heterocycles. The smallest absolute Gasteiger partial charge is 0.273 e. The summed E-state index contributed by atoms with van der Waals surface area (Å²) >= 11 is 1.96. The second-order valence-corrected chi connectivity index (χ2v) is 3.54. The van der Waals surface area contributed by atoms with E-state index in [1.54, 1.807) is 6.20 Å². The maximum absolute atomic E-state index is 12.7. The molecule has 0 aliphatic carbocycles. The van der Waals surface area contributed by atoms with Gasteiger partial charge in [0.15, 0.2) is 0 Å². The summed E-state index contributed by atoms with van der Waals surface area (Å²) in [7, 11) is 0. The number of hydrogen-bond acceptors (Lipinski definition) is 1. The molecule has 12 heavy (non-hydrogen) atoms. The fourth-order valence-corrected chi connectivity index (χ4v) is 1.61. The molecule has 2 aromatic rings. The Morgan fingerprint density at radius 1 is 1.50 bits per heavy atom. The number of fused-ring (bicyclic) bond motifs is 1. The third kappa shape index (κ3) is 1.13. The molecule has 0 unspecified atom stereocenters. The van der Waals surface area contributed by atoms with Gasteiger partial charge in [0.25, 0.3) is 5.56 Å². The van der Waals surface area contributed by atoms with E-state index < -0.39 is 5.82 Å². The van der Waals surface area contributed by atoms with Crippen molar-refractivity contribution < 1.29 is 4.39 Å². The average Bonchev–Trinajstić information content (AvgIpc) is 2.29. The molecular weight excluding hydrogens is 274 g/mol. The molecule has 2 heterocycles. The third-order valence-electron chi connectivity index (χ3n) is 1.53. The lowest BCUT2D eigenvalue weighted by Crippen LogP contribution is -2.09. The Morgan fingerprint density at radius 2 is 2.25 bits per heavy atom. The van der Waals surface area contributed by atoms with Crippen molar-refractivity contribution in [2.75, 3.05) is 0 Å². The lowest BCUT2D eigenvalue weighted by molar-refractivity contribution is 0.628. The molecule has 0 spiro atoms. The number of nitrogens with one attached hydrogen (secondary N) is 1. The molecule has 3 nitrogen and oxygen atoms in total. The van der Waals surface area contributed by atoms with E-state index in [0.29, 0.717) is 9.22 Å².